The molecule has 0 atom stereocenters. The number of amides is 1. The first kappa shape index (κ1) is 8.95. The molecule has 1 aliphatic heterocycles. The maximum absolute atomic E-state index is 10.6. The molecular formula is C6H10N2O4. The third-order valence-electron chi connectivity index (χ3n) is 1.38. The Morgan fingerprint density at radius 1 is 1.33 bits per heavy atom. The summed E-state index contributed by atoms with van der Waals surface area (Å²) in [6, 6.07) is 0. The lowest BCUT2D eigenvalue weighted by atomic mass is 10.5. The molecule has 1 aliphatic rings. The molecule has 1 heterocycles. The van der Waals surface area contributed by atoms with Crippen molar-refractivity contribution in [3.63, 3.8) is 0 Å². The first-order valence-electron chi connectivity index (χ1n) is 3.54. The van der Waals surface area contributed by atoms with Gasteiger partial charge < -0.3 is 15.3 Å². The molecule has 1 rings (SSSR count). The Bertz CT molecular complexity index is 188. The zero-order valence-electron chi connectivity index (χ0n) is 6.49. The number of rotatable bonds is 1. The van der Waals surface area contributed by atoms with Gasteiger partial charge in [0, 0.05) is 0 Å². The van der Waals surface area contributed by atoms with Crippen molar-refractivity contribution in [3.8, 4) is 0 Å². The van der Waals surface area contributed by atoms with Crippen molar-refractivity contribution in [2.24, 2.45) is 5.73 Å². The highest BCUT2D eigenvalue weighted by Crippen LogP contribution is 1.97. The van der Waals surface area contributed by atoms with E-state index in [0.717, 1.165) is 0 Å². The van der Waals surface area contributed by atoms with E-state index in [2.05, 4.69) is 10.6 Å². The Morgan fingerprint density at radius 3 is 2.42 bits per heavy atom. The average molecular weight is 174 g/mol. The number of ether oxygens (including phenoxy) is 1. The molecule has 0 aromatic heterocycles. The number of primary amides is 1. The van der Waals surface area contributed by atoms with Crippen LogP contribution in [0.2, 0.25) is 0 Å². The first-order valence-corrected chi connectivity index (χ1v) is 3.54. The first-order chi connectivity index (χ1) is 5.70. The molecule has 0 bridgehead atoms. The SMILES string of the molecule is NC(=O)C(=O)ON1CCOCC1. The minimum absolute atomic E-state index is 0.471. The number of hydrogen-bond donors (Lipinski definition) is 1. The fourth-order valence-electron chi connectivity index (χ4n) is 0.800. The van der Waals surface area contributed by atoms with Crippen LogP contribution in [0.4, 0.5) is 0 Å². The van der Waals surface area contributed by atoms with Gasteiger partial charge in [-0.1, -0.05) is 0 Å². The predicted molar refractivity (Wildman–Crippen MR) is 37.7 cm³/mol. The fraction of sp³-hybridized carbons (Fsp3) is 0.667. The molecule has 1 fully saturated rings. The summed E-state index contributed by atoms with van der Waals surface area (Å²) in [5, 5.41) is 1.36. The molecule has 0 saturated carbocycles. The van der Waals surface area contributed by atoms with Crippen LogP contribution in [-0.2, 0) is 19.2 Å². The van der Waals surface area contributed by atoms with Gasteiger partial charge in [-0.25, -0.2) is 4.79 Å². The summed E-state index contributed by atoms with van der Waals surface area (Å²) in [4.78, 5) is 25.5. The van der Waals surface area contributed by atoms with Crippen molar-refractivity contribution in [1.82, 2.24) is 5.06 Å². The predicted octanol–water partition coefficient (Wildman–Crippen LogP) is -1.74. The molecule has 0 aliphatic carbocycles. The van der Waals surface area contributed by atoms with Crippen LogP contribution in [0.5, 0.6) is 0 Å². The van der Waals surface area contributed by atoms with Crippen molar-refractivity contribution in [2.75, 3.05) is 26.3 Å². The van der Waals surface area contributed by atoms with E-state index in [-0.39, 0.29) is 0 Å². The fourth-order valence-corrected chi connectivity index (χ4v) is 0.800. The van der Waals surface area contributed by atoms with Gasteiger partial charge in [-0.3, -0.25) is 4.79 Å². The van der Waals surface area contributed by atoms with Crippen LogP contribution >= 0.6 is 0 Å². The molecule has 1 saturated heterocycles. The molecule has 1 amide bonds. The van der Waals surface area contributed by atoms with E-state index in [0.29, 0.717) is 26.3 Å². The third kappa shape index (κ3) is 2.48. The zero-order chi connectivity index (χ0) is 8.97. The van der Waals surface area contributed by atoms with Crippen molar-refractivity contribution < 1.29 is 19.2 Å². The molecule has 0 unspecified atom stereocenters. The van der Waals surface area contributed by atoms with Crippen molar-refractivity contribution in [3.05, 3.63) is 0 Å². The monoisotopic (exact) mass is 174 g/mol. The molecule has 0 spiro atoms. The Labute approximate surface area is 69.2 Å². The summed E-state index contributed by atoms with van der Waals surface area (Å²) < 4.78 is 4.99. The second kappa shape index (κ2) is 4.03. The molecule has 68 valence electrons. The smallest absolute Gasteiger partial charge is 0.379 e. The van der Waals surface area contributed by atoms with Crippen LogP contribution in [0.1, 0.15) is 0 Å². The lowest BCUT2D eigenvalue weighted by Gasteiger charge is -2.24. The van der Waals surface area contributed by atoms with E-state index < -0.39 is 11.9 Å². The maximum Gasteiger partial charge on any atom is 0.415 e. The van der Waals surface area contributed by atoms with E-state index >= 15 is 0 Å². The minimum Gasteiger partial charge on any atom is -0.379 e. The van der Waals surface area contributed by atoms with Crippen LogP contribution in [0.25, 0.3) is 0 Å². The van der Waals surface area contributed by atoms with Gasteiger partial charge in [-0.15, -0.1) is 5.06 Å². The molecule has 6 nitrogen and oxygen atoms in total. The van der Waals surface area contributed by atoms with Crippen LogP contribution in [0, 0.1) is 0 Å². The van der Waals surface area contributed by atoms with E-state index in [4.69, 9.17) is 4.74 Å². The summed E-state index contributed by atoms with van der Waals surface area (Å²) >= 11 is 0. The summed E-state index contributed by atoms with van der Waals surface area (Å²) in [5.74, 6) is -2.11. The van der Waals surface area contributed by atoms with Gasteiger partial charge in [-0.2, -0.15) is 0 Å². The number of hydroxylamine groups is 2. The van der Waals surface area contributed by atoms with Crippen LogP contribution in [-0.4, -0.2) is 43.2 Å². The lowest BCUT2D eigenvalue weighted by Crippen LogP contribution is -2.40. The molecule has 2 N–H and O–H groups in total. The Balaban J connectivity index is 2.29. The van der Waals surface area contributed by atoms with Gasteiger partial charge in [0.25, 0.3) is 0 Å². The summed E-state index contributed by atoms with van der Waals surface area (Å²) in [7, 11) is 0. The van der Waals surface area contributed by atoms with Gasteiger partial charge in [0.1, 0.15) is 0 Å². The van der Waals surface area contributed by atoms with Crippen molar-refractivity contribution in [2.45, 2.75) is 0 Å². The number of hydrogen-bond acceptors (Lipinski definition) is 5. The summed E-state index contributed by atoms with van der Waals surface area (Å²) in [6.07, 6.45) is 0. The topological polar surface area (TPSA) is 81.9 Å². The number of nitrogens with two attached hydrogens (primary N) is 1. The largest absolute Gasteiger partial charge is 0.415 e. The van der Waals surface area contributed by atoms with E-state index in [9.17, 15) is 9.59 Å². The standard InChI is InChI=1S/C6H10N2O4/c7-5(9)6(10)12-8-1-3-11-4-2-8/h1-4H2,(H2,7,9). The molecule has 6 heteroatoms. The summed E-state index contributed by atoms with van der Waals surface area (Å²) in [5.41, 5.74) is 4.68. The van der Waals surface area contributed by atoms with Crippen LogP contribution < -0.4 is 5.73 Å². The van der Waals surface area contributed by atoms with Gasteiger partial charge >= 0.3 is 11.9 Å². The lowest BCUT2D eigenvalue weighted by molar-refractivity contribution is -0.205. The number of morpholine rings is 1. The quantitative estimate of drug-likeness (QED) is 0.477. The van der Waals surface area contributed by atoms with E-state index in [1.807, 2.05) is 0 Å². The highest BCUT2D eigenvalue weighted by atomic mass is 16.7. The summed E-state index contributed by atoms with van der Waals surface area (Å²) in [6.45, 7) is 1.93. The van der Waals surface area contributed by atoms with Gasteiger partial charge in [0.15, 0.2) is 0 Å². The van der Waals surface area contributed by atoms with E-state index in [1.54, 1.807) is 0 Å². The van der Waals surface area contributed by atoms with Crippen LogP contribution in [0.3, 0.4) is 0 Å². The normalized spacial score (nSPS) is 18.7. The Morgan fingerprint density at radius 2 is 1.92 bits per heavy atom. The molecule has 0 radical (unpaired) electrons. The van der Waals surface area contributed by atoms with Crippen LogP contribution in [0.15, 0.2) is 0 Å². The zero-order valence-corrected chi connectivity index (χ0v) is 6.49. The average Bonchev–Trinajstić information content (AvgIpc) is 2.06. The number of nitrogens with zero attached hydrogens (tertiary/aromatic N) is 1. The van der Waals surface area contributed by atoms with Gasteiger partial charge in [0.05, 0.1) is 26.3 Å². The third-order valence-corrected chi connectivity index (χ3v) is 1.38. The molecular weight excluding hydrogens is 164 g/mol. The highest BCUT2D eigenvalue weighted by Gasteiger charge is 2.18. The number of carbonyl (C=O) groups is 2. The van der Waals surface area contributed by atoms with Crippen molar-refractivity contribution in [1.29, 1.82) is 0 Å². The number of carbonyl (C=O) groups excluding carboxylic acids is 2. The Kier molecular flexibility index (Phi) is 3.01. The Hall–Kier alpha value is -1.14. The van der Waals surface area contributed by atoms with E-state index in [1.165, 1.54) is 5.06 Å². The minimum atomic E-state index is -1.08. The molecule has 0 aromatic carbocycles. The van der Waals surface area contributed by atoms with Crippen molar-refractivity contribution >= 4 is 11.9 Å². The second-order valence-electron chi connectivity index (χ2n) is 2.28. The van der Waals surface area contributed by atoms with Gasteiger partial charge in [0.2, 0.25) is 0 Å². The molecule has 0 aromatic rings. The maximum atomic E-state index is 10.6. The van der Waals surface area contributed by atoms with Gasteiger partial charge in [-0.05, 0) is 0 Å². The highest BCUT2D eigenvalue weighted by molar-refractivity contribution is 6.31. The second-order valence-corrected chi connectivity index (χ2v) is 2.28. The molecule has 12 heavy (non-hydrogen) atoms.